The molecule has 1 amide bonds. The highest BCUT2D eigenvalue weighted by atomic mass is 32.2. The van der Waals surface area contributed by atoms with Crippen molar-refractivity contribution >= 4 is 15.9 Å². The highest BCUT2D eigenvalue weighted by Crippen LogP contribution is 2.18. The summed E-state index contributed by atoms with van der Waals surface area (Å²) in [7, 11) is -3.58. The zero-order valence-electron chi connectivity index (χ0n) is 15.0. The van der Waals surface area contributed by atoms with Gasteiger partial charge in [-0.05, 0) is 43.9 Å². The van der Waals surface area contributed by atoms with E-state index in [1.807, 2.05) is 13.8 Å². The molecular weight excluding hydrogens is 340 g/mol. The number of carbonyl (C=O) groups excluding carboxylic acids is 1. The zero-order chi connectivity index (χ0) is 18.3. The van der Waals surface area contributed by atoms with Gasteiger partial charge < -0.3 is 10.1 Å². The van der Waals surface area contributed by atoms with Crippen molar-refractivity contribution in [2.45, 2.75) is 50.5 Å². The first-order chi connectivity index (χ1) is 12.0. The van der Waals surface area contributed by atoms with Crippen molar-refractivity contribution in [1.29, 1.82) is 0 Å². The van der Waals surface area contributed by atoms with Gasteiger partial charge in [-0.2, -0.15) is 4.31 Å². The standard InChI is InChI=1S/C18H28N2O4S/c1-3-10-20(11-4-2)25(22,23)17-9-5-7-15(13-17)18(21)19-14-16-8-6-12-24-16/h5,7,9,13,16H,3-4,6,8,10-12,14H2,1-2H3,(H,19,21). The number of nitrogens with zero attached hydrogens (tertiary/aromatic N) is 1. The summed E-state index contributed by atoms with van der Waals surface area (Å²) in [5, 5.41) is 2.83. The quantitative estimate of drug-likeness (QED) is 0.726. The first-order valence-corrected chi connectivity index (χ1v) is 10.4. The Balaban J connectivity index is 2.11. The van der Waals surface area contributed by atoms with Crippen LogP contribution in [0.25, 0.3) is 0 Å². The molecule has 0 aliphatic carbocycles. The van der Waals surface area contributed by atoms with Crippen LogP contribution in [0.1, 0.15) is 49.9 Å². The number of benzene rings is 1. The van der Waals surface area contributed by atoms with Gasteiger partial charge in [-0.15, -0.1) is 0 Å². The van der Waals surface area contributed by atoms with Crippen molar-refractivity contribution in [3.05, 3.63) is 29.8 Å². The average Bonchev–Trinajstić information content (AvgIpc) is 3.13. The van der Waals surface area contributed by atoms with Crippen molar-refractivity contribution in [3.8, 4) is 0 Å². The number of rotatable bonds is 9. The fraction of sp³-hybridized carbons (Fsp3) is 0.611. The van der Waals surface area contributed by atoms with Gasteiger partial charge in [0.1, 0.15) is 0 Å². The second kappa shape index (κ2) is 9.31. The molecule has 1 aliphatic rings. The number of sulfonamides is 1. The van der Waals surface area contributed by atoms with Crippen LogP contribution < -0.4 is 5.32 Å². The third-order valence-electron chi connectivity index (χ3n) is 4.19. The molecule has 1 saturated heterocycles. The van der Waals surface area contributed by atoms with E-state index in [2.05, 4.69) is 5.32 Å². The smallest absolute Gasteiger partial charge is 0.251 e. The number of hydrogen-bond acceptors (Lipinski definition) is 4. The van der Waals surface area contributed by atoms with Crippen molar-refractivity contribution < 1.29 is 17.9 Å². The number of nitrogens with one attached hydrogen (secondary N) is 1. The normalized spacial score (nSPS) is 17.8. The molecule has 0 saturated carbocycles. The van der Waals surface area contributed by atoms with Crippen LogP contribution in [0.5, 0.6) is 0 Å². The highest BCUT2D eigenvalue weighted by Gasteiger charge is 2.24. The summed E-state index contributed by atoms with van der Waals surface area (Å²) in [6, 6.07) is 6.25. The topological polar surface area (TPSA) is 75.7 Å². The Labute approximate surface area is 150 Å². The third kappa shape index (κ3) is 5.26. The van der Waals surface area contributed by atoms with Gasteiger partial charge in [0.25, 0.3) is 5.91 Å². The van der Waals surface area contributed by atoms with E-state index in [0.717, 1.165) is 32.3 Å². The lowest BCUT2D eigenvalue weighted by Gasteiger charge is -2.21. The summed E-state index contributed by atoms with van der Waals surface area (Å²) in [5.41, 5.74) is 0.354. The molecule has 1 heterocycles. The maximum atomic E-state index is 12.8. The third-order valence-corrected chi connectivity index (χ3v) is 6.09. The SMILES string of the molecule is CCCN(CCC)S(=O)(=O)c1cccc(C(=O)NCC2CCCO2)c1. The molecule has 1 unspecified atom stereocenters. The summed E-state index contributed by atoms with van der Waals surface area (Å²) in [6.45, 7) is 6.05. The second-order valence-corrected chi connectivity index (χ2v) is 8.21. The molecular formula is C18H28N2O4S. The lowest BCUT2D eigenvalue weighted by atomic mass is 10.2. The molecule has 140 valence electrons. The molecule has 6 nitrogen and oxygen atoms in total. The molecule has 1 atom stereocenters. The molecule has 1 N–H and O–H groups in total. The Hall–Kier alpha value is -1.44. The maximum Gasteiger partial charge on any atom is 0.251 e. The summed E-state index contributed by atoms with van der Waals surface area (Å²) >= 11 is 0. The average molecular weight is 368 g/mol. The predicted molar refractivity (Wildman–Crippen MR) is 97.1 cm³/mol. The van der Waals surface area contributed by atoms with Crippen LogP contribution in [0.15, 0.2) is 29.2 Å². The van der Waals surface area contributed by atoms with E-state index < -0.39 is 10.0 Å². The van der Waals surface area contributed by atoms with E-state index in [9.17, 15) is 13.2 Å². The second-order valence-electron chi connectivity index (χ2n) is 6.28. The molecule has 1 aromatic rings. The van der Waals surface area contributed by atoms with E-state index in [4.69, 9.17) is 4.74 Å². The van der Waals surface area contributed by atoms with Crippen LogP contribution >= 0.6 is 0 Å². The van der Waals surface area contributed by atoms with E-state index >= 15 is 0 Å². The van der Waals surface area contributed by atoms with Crippen molar-refractivity contribution in [2.24, 2.45) is 0 Å². The Morgan fingerprint density at radius 2 is 2.00 bits per heavy atom. The van der Waals surface area contributed by atoms with Gasteiger partial charge in [-0.1, -0.05) is 19.9 Å². The molecule has 1 fully saturated rings. The number of amides is 1. The Kier molecular flexibility index (Phi) is 7.40. The van der Waals surface area contributed by atoms with Crippen LogP contribution in [-0.4, -0.2) is 51.0 Å². The minimum absolute atomic E-state index is 0.0560. The largest absolute Gasteiger partial charge is 0.376 e. The highest BCUT2D eigenvalue weighted by molar-refractivity contribution is 7.89. The predicted octanol–water partition coefficient (Wildman–Crippen LogP) is 2.41. The van der Waals surface area contributed by atoms with Gasteiger partial charge in [-0.25, -0.2) is 8.42 Å². The lowest BCUT2D eigenvalue weighted by Crippen LogP contribution is -2.33. The minimum atomic E-state index is -3.58. The van der Waals surface area contributed by atoms with Crippen molar-refractivity contribution in [1.82, 2.24) is 9.62 Å². The molecule has 0 spiro atoms. The minimum Gasteiger partial charge on any atom is -0.376 e. The van der Waals surface area contributed by atoms with E-state index in [-0.39, 0.29) is 16.9 Å². The molecule has 7 heteroatoms. The molecule has 2 rings (SSSR count). The van der Waals surface area contributed by atoms with Gasteiger partial charge in [0.15, 0.2) is 0 Å². The summed E-state index contributed by atoms with van der Waals surface area (Å²) in [5.74, 6) is -0.273. The first-order valence-electron chi connectivity index (χ1n) is 8.99. The van der Waals surface area contributed by atoms with E-state index in [0.29, 0.717) is 25.2 Å². The molecule has 1 aromatic carbocycles. The number of carbonyl (C=O) groups is 1. The van der Waals surface area contributed by atoms with Crippen LogP contribution in [0.2, 0.25) is 0 Å². The maximum absolute atomic E-state index is 12.8. The fourth-order valence-electron chi connectivity index (χ4n) is 2.91. The molecule has 25 heavy (non-hydrogen) atoms. The molecule has 1 aliphatic heterocycles. The molecule has 0 radical (unpaired) electrons. The van der Waals surface area contributed by atoms with Gasteiger partial charge in [0, 0.05) is 31.8 Å². The van der Waals surface area contributed by atoms with Crippen LogP contribution in [-0.2, 0) is 14.8 Å². The Morgan fingerprint density at radius 1 is 1.28 bits per heavy atom. The first kappa shape index (κ1) is 19.9. The molecule has 0 aromatic heterocycles. The van der Waals surface area contributed by atoms with Gasteiger partial charge >= 0.3 is 0 Å². The van der Waals surface area contributed by atoms with Crippen LogP contribution in [0.3, 0.4) is 0 Å². The van der Waals surface area contributed by atoms with Crippen molar-refractivity contribution in [2.75, 3.05) is 26.2 Å². The Bertz CT molecular complexity index is 663. The van der Waals surface area contributed by atoms with E-state index in [1.165, 1.54) is 10.4 Å². The lowest BCUT2D eigenvalue weighted by molar-refractivity contribution is 0.0857. The number of hydrogen-bond donors (Lipinski definition) is 1. The summed E-state index contributed by atoms with van der Waals surface area (Å²) in [6.07, 6.45) is 3.51. The van der Waals surface area contributed by atoms with Crippen molar-refractivity contribution in [3.63, 3.8) is 0 Å². The monoisotopic (exact) mass is 368 g/mol. The van der Waals surface area contributed by atoms with Gasteiger partial charge in [0.05, 0.1) is 11.0 Å². The van der Waals surface area contributed by atoms with Crippen LogP contribution in [0, 0.1) is 0 Å². The van der Waals surface area contributed by atoms with Gasteiger partial charge in [0.2, 0.25) is 10.0 Å². The van der Waals surface area contributed by atoms with Crippen LogP contribution in [0.4, 0.5) is 0 Å². The molecule has 0 bridgehead atoms. The summed E-state index contributed by atoms with van der Waals surface area (Å²) in [4.78, 5) is 12.5. The zero-order valence-corrected chi connectivity index (χ0v) is 15.8. The van der Waals surface area contributed by atoms with E-state index in [1.54, 1.807) is 18.2 Å². The van der Waals surface area contributed by atoms with Gasteiger partial charge in [-0.3, -0.25) is 4.79 Å². The number of ether oxygens (including phenoxy) is 1. The summed E-state index contributed by atoms with van der Waals surface area (Å²) < 4.78 is 32.6. The Morgan fingerprint density at radius 3 is 2.60 bits per heavy atom. The fourth-order valence-corrected chi connectivity index (χ4v) is 4.58.